The van der Waals surface area contributed by atoms with Crippen molar-refractivity contribution in [2.75, 3.05) is 11.8 Å². The highest BCUT2D eigenvalue weighted by Gasteiger charge is 2.28. The minimum atomic E-state index is -1.54. The Labute approximate surface area is 240 Å². The molecule has 2 aromatic rings. The molecule has 0 saturated heterocycles. The SMILES string of the molecule is Cl.NNC(=O)C(CCCCl)c1c(F)cc(F)cc1F.O=C(O)NNC(=O)C(CCCCl)c1c(F)cc(F)cc1F. The first-order valence-corrected chi connectivity index (χ1v) is 12.1. The molecule has 0 aliphatic rings. The maximum atomic E-state index is 13.7. The lowest BCUT2D eigenvalue weighted by Crippen LogP contribution is -2.43. The van der Waals surface area contributed by atoms with Crippen molar-refractivity contribution in [2.45, 2.75) is 37.5 Å². The molecule has 3 amide bonds. The molecular formula is C23H25Cl3F6N4O4. The number of hydrazine groups is 2. The molecule has 0 bridgehead atoms. The average Bonchev–Trinajstić information content (AvgIpc) is 2.85. The largest absolute Gasteiger partial charge is 0.464 e. The van der Waals surface area contributed by atoms with Gasteiger partial charge in [0.25, 0.3) is 0 Å². The summed E-state index contributed by atoms with van der Waals surface area (Å²) in [6.45, 7) is 0. The lowest BCUT2D eigenvalue weighted by atomic mass is 9.92. The Kier molecular flexibility index (Phi) is 17.1. The van der Waals surface area contributed by atoms with Gasteiger partial charge in [0.2, 0.25) is 11.8 Å². The zero-order valence-electron chi connectivity index (χ0n) is 20.4. The van der Waals surface area contributed by atoms with Crippen molar-refractivity contribution in [1.82, 2.24) is 16.3 Å². The predicted octanol–water partition coefficient (Wildman–Crippen LogP) is 5.12. The summed E-state index contributed by atoms with van der Waals surface area (Å²) in [5.74, 6) is -5.68. The third kappa shape index (κ3) is 11.3. The maximum Gasteiger partial charge on any atom is 0.423 e. The van der Waals surface area contributed by atoms with E-state index >= 15 is 0 Å². The molecule has 0 fully saturated rings. The van der Waals surface area contributed by atoms with Gasteiger partial charge in [-0.25, -0.2) is 42.4 Å². The number of amides is 3. The second-order valence-corrected chi connectivity index (χ2v) is 8.52. The van der Waals surface area contributed by atoms with Gasteiger partial charge in [-0.3, -0.25) is 20.4 Å². The number of hydrogen-bond donors (Lipinski definition) is 5. The van der Waals surface area contributed by atoms with E-state index in [1.807, 2.05) is 5.43 Å². The molecule has 224 valence electrons. The van der Waals surface area contributed by atoms with Crippen LogP contribution in [0.3, 0.4) is 0 Å². The lowest BCUT2D eigenvalue weighted by molar-refractivity contribution is -0.124. The van der Waals surface area contributed by atoms with Crippen LogP contribution in [0, 0.1) is 34.9 Å². The molecule has 0 aromatic heterocycles. The van der Waals surface area contributed by atoms with E-state index in [9.17, 15) is 40.7 Å². The third-order valence-corrected chi connectivity index (χ3v) is 5.64. The smallest absolute Gasteiger partial charge is 0.423 e. The number of hydrogen-bond acceptors (Lipinski definition) is 4. The molecule has 0 spiro atoms. The van der Waals surface area contributed by atoms with Crippen LogP contribution in [0.1, 0.15) is 48.6 Å². The van der Waals surface area contributed by atoms with Gasteiger partial charge in [-0.1, -0.05) is 0 Å². The maximum absolute atomic E-state index is 13.7. The summed E-state index contributed by atoms with van der Waals surface area (Å²) >= 11 is 11.0. The molecule has 40 heavy (non-hydrogen) atoms. The number of carbonyl (C=O) groups excluding carboxylic acids is 2. The molecule has 0 saturated carbocycles. The second kappa shape index (κ2) is 18.4. The van der Waals surface area contributed by atoms with Crippen LogP contribution in [0.5, 0.6) is 0 Å². The van der Waals surface area contributed by atoms with Crippen LogP contribution < -0.4 is 22.1 Å². The molecule has 0 aliphatic carbocycles. The number of halogens is 9. The van der Waals surface area contributed by atoms with Crippen LogP contribution in [0.15, 0.2) is 24.3 Å². The molecule has 2 atom stereocenters. The fourth-order valence-electron chi connectivity index (χ4n) is 3.45. The number of alkyl halides is 2. The normalized spacial score (nSPS) is 11.7. The summed E-state index contributed by atoms with van der Waals surface area (Å²) in [6.07, 6.45) is -0.833. The number of nitrogens with one attached hydrogen (secondary N) is 3. The number of carbonyl (C=O) groups is 3. The van der Waals surface area contributed by atoms with E-state index in [1.165, 1.54) is 0 Å². The Morgan fingerprint density at radius 3 is 1.38 bits per heavy atom. The van der Waals surface area contributed by atoms with Gasteiger partial charge in [0.05, 0.1) is 11.8 Å². The summed E-state index contributed by atoms with van der Waals surface area (Å²) in [5, 5.41) is 8.39. The lowest BCUT2D eigenvalue weighted by Gasteiger charge is -2.18. The average molecular weight is 642 g/mol. The van der Waals surface area contributed by atoms with Crippen molar-refractivity contribution in [3.63, 3.8) is 0 Å². The van der Waals surface area contributed by atoms with Crippen molar-refractivity contribution in [3.05, 3.63) is 70.3 Å². The first kappa shape index (κ1) is 37.1. The van der Waals surface area contributed by atoms with Gasteiger partial charge >= 0.3 is 6.09 Å². The van der Waals surface area contributed by atoms with Gasteiger partial charge in [0.1, 0.15) is 34.9 Å². The van der Waals surface area contributed by atoms with Crippen molar-refractivity contribution >= 4 is 53.5 Å². The Morgan fingerprint density at radius 1 is 0.725 bits per heavy atom. The molecule has 0 heterocycles. The molecule has 8 nitrogen and oxygen atoms in total. The first-order chi connectivity index (χ1) is 18.4. The topological polar surface area (TPSA) is 134 Å². The minimum absolute atomic E-state index is 0. The van der Waals surface area contributed by atoms with E-state index in [2.05, 4.69) is 0 Å². The number of nitrogens with two attached hydrogens (primary N) is 1. The molecular weight excluding hydrogens is 617 g/mol. The van der Waals surface area contributed by atoms with Crippen LogP contribution in [-0.2, 0) is 9.59 Å². The van der Waals surface area contributed by atoms with Crippen molar-refractivity contribution in [2.24, 2.45) is 5.84 Å². The van der Waals surface area contributed by atoms with E-state index in [-0.39, 0.29) is 43.4 Å². The van der Waals surface area contributed by atoms with Crippen LogP contribution in [0.25, 0.3) is 0 Å². The summed E-state index contributed by atoms with van der Waals surface area (Å²) in [6, 6.07) is 1.94. The molecule has 2 aromatic carbocycles. The van der Waals surface area contributed by atoms with Gasteiger partial charge < -0.3 is 5.11 Å². The standard InChI is InChI=1S/C12H12ClF3N2O3.C11H12ClF3N2O.ClH/c13-3-1-2-7(11(19)17-18-12(20)21)10-8(15)4-6(14)5-9(10)16;12-3-1-2-7(11(18)17-16)10-8(14)4-6(13)5-9(10)15;/h4-5,7,18H,1-3H2,(H,17,19)(H,20,21);4-5,7H,1-3,16H2,(H,17,18);1H. The Balaban J connectivity index is 0.000000750. The van der Waals surface area contributed by atoms with Gasteiger partial charge in [0, 0.05) is 47.2 Å². The molecule has 6 N–H and O–H groups in total. The zero-order chi connectivity index (χ0) is 29.7. The summed E-state index contributed by atoms with van der Waals surface area (Å²) in [4.78, 5) is 33.6. The minimum Gasteiger partial charge on any atom is -0.464 e. The summed E-state index contributed by atoms with van der Waals surface area (Å²) in [7, 11) is 0. The number of carboxylic acid groups (broad SMARTS) is 1. The van der Waals surface area contributed by atoms with Gasteiger partial charge in [-0.05, 0) is 25.7 Å². The second-order valence-electron chi connectivity index (χ2n) is 7.76. The monoisotopic (exact) mass is 640 g/mol. The summed E-state index contributed by atoms with van der Waals surface area (Å²) < 4.78 is 80.2. The van der Waals surface area contributed by atoms with Crippen LogP contribution in [0.4, 0.5) is 31.1 Å². The van der Waals surface area contributed by atoms with Gasteiger partial charge in [0.15, 0.2) is 0 Å². The van der Waals surface area contributed by atoms with Gasteiger partial charge in [-0.15, -0.1) is 35.6 Å². The number of benzene rings is 2. The van der Waals surface area contributed by atoms with Crippen molar-refractivity contribution in [3.8, 4) is 0 Å². The van der Waals surface area contributed by atoms with E-state index < -0.39 is 75.8 Å². The van der Waals surface area contributed by atoms with E-state index in [4.69, 9.17) is 34.2 Å². The quantitative estimate of drug-likeness (QED) is 0.0808. The van der Waals surface area contributed by atoms with E-state index in [0.29, 0.717) is 30.7 Å². The molecule has 2 unspecified atom stereocenters. The molecule has 0 aliphatic heterocycles. The number of rotatable bonds is 10. The van der Waals surface area contributed by atoms with Crippen molar-refractivity contribution < 1.29 is 45.8 Å². The molecule has 17 heteroatoms. The zero-order valence-corrected chi connectivity index (χ0v) is 22.7. The molecule has 0 radical (unpaired) electrons. The first-order valence-electron chi connectivity index (χ1n) is 11.1. The van der Waals surface area contributed by atoms with Gasteiger partial charge in [-0.2, -0.15) is 0 Å². The predicted molar refractivity (Wildman–Crippen MR) is 137 cm³/mol. The van der Waals surface area contributed by atoms with Crippen LogP contribution in [0.2, 0.25) is 0 Å². The highest BCUT2D eigenvalue weighted by molar-refractivity contribution is 6.18. The van der Waals surface area contributed by atoms with E-state index in [1.54, 1.807) is 10.9 Å². The Hall–Kier alpha value is -2.94. The fraction of sp³-hybridized carbons (Fsp3) is 0.348. The molecule has 2 rings (SSSR count). The highest BCUT2D eigenvalue weighted by atomic mass is 35.5. The van der Waals surface area contributed by atoms with Crippen LogP contribution >= 0.6 is 35.6 Å². The Bertz CT molecular complexity index is 1120. The summed E-state index contributed by atoms with van der Waals surface area (Å²) in [5.41, 5.74) is 4.09. The van der Waals surface area contributed by atoms with E-state index in [0.717, 1.165) is 0 Å². The Morgan fingerprint density at radius 2 is 1.07 bits per heavy atom. The third-order valence-electron chi connectivity index (χ3n) is 5.11. The fourth-order valence-corrected chi connectivity index (χ4v) is 3.76. The highest BCUT2D eigenvalue weighted by Crippen LogP contribution is 2.29. The van der Waals surface area contributed by atoms with Crippen molar-refractivity contribution in [1.29, 1.82) is 0 Å². The van der Waals surface area contributed by atoms with Crippen LogP contribution in [-0.4, -0.2) is 34.8 Å².